The molecule has 110 valence electrons. The molecule has 0 aromatic carbocycles. The first-order valence-electron chi connectivity index (χ1n) is 7.89. The van der Waals surface area contributed by atoms with E-state index in [1.165, 1.54) is 45.2 Å². The Hall–Kier alpha value is -0.610. The summed E-state index contributed by atoms with van der Waals surface area (Å²) in [6.45, 7) is 6.21. The molecule has 1 saturated carbocycles. The van der Waals surface area contributed by atoms with E-state index in [4.69, 9.17) is 0 Å². The van der Waals surface area contributed by atoms with Crippen LogP contribution in [0.5, 0.6) is 0 Å². The molecular formula is C15H29N3O. The van der Waals surface area contributed by atoms with Gasteiger partial charge in [0.1, 0.15) is 0 Å². The zero-order chi connectivity index (χ0) is 13.7. The fourth-order valence-electron chi connectivity index (χ4n) is 2.88. The van der Waals surface area contributed by atoms with Crippen molar-refractivity contribution in [2.45, 2.75) is 57.5 Å². The zero-order valence-corrected chi connectivity index (χ0v) is 12.5. The zero-order valence-electron chi connectivity index (χ0n) is 12.5. The minimum Gasteiger partial charge on any atom is -0.342 e. The second-order valence-corrected chi connectivity index (χ2v) is 6.15. The van der Waals surface area contributed by atoms with Gasteiger partial charge in [0.25, 0.3) is 0 Å². The number of hydrogen-bond donors (Lipinski definition) is 1. The van der Waals surface area contributed by atoms with Crippen molar-refractivity contribution in [3.8, 4) is 0 Å². The van der Waals surface area contributed by atoms with Gasteiger partial charge in [-0.25, -0.2) is 0 Å². The molecule has 1 aliphatic carbocycles. The van der Waals surface area contributed by atoms with Crippen molar-refractivity contribution in [1.82, 2.24) is 15.1 Å². The van der Waals surface area contributed by atoms with E-state index in [-0.39, 0.29) is 5.91 Å². The Morgan fingerprint density at radius 1 is 1.32 bits per heavy atom. The molecule has 1 amide bonds. The van der Waals surface area contributed by atoms with Gasteiger partial charge in [-0.2, -0.15) is 0 Å². The number of piperidine rings is 1. The lowest BCUT2D eigenvalue weighted by atomic mass is 10.0. The molecule has 0 aromatic rings. The Morgan fingerprint density at radius 3 is 2.79 bits per heavy atom. The smallest absolute Gasteiger partial charge is 0.236 e. The molecule has 1 heterocycles. The monoisotopic (exact) mass is 267 g/mol. The Labute approximate surface area is 117 Å². The molecule has 2 rings (SSSR count). The lowest BCUT2D eigenvalue weighted by Crippen LogP contribution is -2.40. The third-order valence-electron chi connectivity index (χ3n) is 4.50. The number of likely N-dealkylation sites (tertiary alicyclic amines) is 1. The van der Waals surface area contributed by atoms with Gasteiger partial charge in [0.2, 0.25) is 5.91 Å². The largest absolute Gasteiger partial charge is 0.342 e. The number of nitrogens with one attached hydrogen (secondary N) is 1. The van der Waals surface area contributed by atoms with E-state index in [0.29, 0.717) is 12.6 Å². The molecule has 4 heteroatoms. The Bertz CT molecular complexity index is 291. The summed E-state index contributed by atoms with van der Waals surface area (Å²) in [6.07, 6.45) is 7.60. The summed E-state index contributed by atoms with van der Waals surface area (Å²) in [5.74, 6) is 0.244. The van der Waals surface area contributed by atoms with Gasteiger partial charge in [0.15, 0.2) is 0 Å². The molecule has 1 N–H and O–H groups in total. The summed E-state index contributed by atoms with van der Waals surface area (Å²) in [5, 5.41) is 3.29. The van der Waals surface area contributed by atoms with E-state index in [2.05, 4.69) is 17.1 Å². The van der Waals surface area contributed by atoms with Gasteiger partial charge in [-0.05, 0) is 58.7 Å². The van der Waals surface area contributed by atoms with Gasteiger partial charge < -0.3 is 15.1 Å². The Morgan fingerprint density at radius 2 is 2.11 bits per heavy atom. The first-order valence-corrected chi connectivity index (χ1v) is 7.89. The van der Waals surface area contributed by atoms with Crippen molar-refractivity contribution < 1.29 is 4.79 Å². The van der Waals surface area contributed by atoms with E-state index in [1.54, 1.807) is 0 Å². The number of rotatable bonds is 7. The highest BCUT2D eigenvalue weighted by molar-refractivity contribution is 5.78. The third kappa shape index (κ3) is 4.77. The molecule has 1 unspecified atom stereocenters. The predicted molar refractivity (Wildman–Crippen MR) is 78.2 cm³/mol. The Kier molecular flexibility index (Phi) is 5.64. The van der Waals surface area contributed by atoms with Crippen molar-refractivity contribution in [3.05, 3.63) is 0 Å². The highest BCUT2D eigenvalue weighted by atomic mass is 16.2. The van der Waals surface area contributed by atoms with Crippen molar-refractivity contribution in [2.24, 2.45) is 0 Å². The van der Waals surface area contributed by atoms with Crippen molar-refractivity contribution >= 4 is 5.91 Å². The molecule has 0 radical (unpaired) electrons. The molecule has 19 heavy (non-hydrogen) atoms. The number of carbonyl (C=O) groups is 1. The van der Waals surface area contributed by atoms with Gasteiger partial charge in [0, 0.05) is 19.1 Å². The van der Waals surface area contributed by atoms with Crippen LogP contribution in [0.3, 0.4) is 0 Å². The molecule has 1 saturated heterocycles. The number of hydrogen-bond acceptors (Lipinski definition) is 3. The molecule has 0 aromatic heterocycles. The summed E-state index contributed by atoms with van der Waals surface area (Å²) in [7, 11) is 1.93. The van der Waals surface area contributed by atoms with Crippen LogP contribution < -0.4 is 5.32 Å². The van der Waals surface area contributed by atoms with E-state index in [0.717, 1.165) is 19.0 Å². The minimum atomic E-state index is 0.244. The van der Waals surface area contributed by atoms with Crippen LogP contribution >= 0.6 is 0 Å². The topological polar surface area (TPSA) is 35.6 Å². The summed E-state index contributed by atoms with van der Waals surface area (Å²) in [5.41, 5.74) is 0. The highest BCUT2D eigenvalue weighted by Crippen LogP contribution is 2.25. The maximum absolute atomic E-state index is 11.8. The Balaban J connectivity index is 1.50. The molecule has 0 spiro atoms. The van der Waals surface area contributed by atoms with E-state index in [9.17, 15) is 4.79 Å². The lowest BCUT2D eigenvalue weighted by Gasteiger charge is -2.33. The van der Waals surface area contributed by atoms with Crippen molar-refractivity contribution in [2.75, 3.05) is 33.2 Å². The normalized spacial score (nSPS) is 24.4. The molecule has 2 fully saturated rings. The molecule has 1 aliphatic heterocycles. The van der Waals surface area contributed by atoms with Crippen LogP contribution in [0.2, 0.25) is 0 Å². The van der Waals surface area contributed by atoms with Crippen LogP contribution in [0.4, 0.5) is 0 Å². The summed E-state index contributed by atoms with van der Waals surface area (Å²) < 4.78 is 0. The second-order valence-electron chi connectivity index (χ2n) is 6.15. The fraction of sp³-hybridized carbons (Fsp3) is 0.933. The average molecular weight is 267 g/mol. The van der Waals surface area contributed by atoms with Gasteiger partial charge in [-0.1, -0.05) is 6.42 Å². The lowest BCUT2D eigenvalue weighted by molar-refractivity contribution is -0.129. The predicted octanol–water partition coefficient (Wildman–Crippen LogP) is 1.46. The molecule has 1 atom stereocenters. The van der Waals surface area contributed by atoms with Crippen LogP contribution in [0.15, 0.2) is 0 Å². The summed E-state index contributed by atoms with van der Waals surface area (Å²) >= 11 is 0. The molecular weight excluding hydrogens is 238 g/mol. The molecule has 0 bridgehead atoms. The molecule has 2 aliphatic rings. The standard InChI is InChI=1S/C15H29N3O/c1-13-6-3-4-10-18(13)11-5-9-16-12-15(19)17(2)14-7-8-14/h13-14,16H,3-12H2,1-2H3. The van der Waals surface area contributed by atoms with Crippen LogP contribution in [0.25, 0.3) is 0 Å². The number of amides is 1. The number of likely N-dealkylation sites (N-methyl/N-ethyl adjacent to an activating group) is 1. The quantitative estimate of drug-likeness (QED) is 0.709. The summed E-state index contributed by atoms with van der Waals surface area (Å²) in [4.78, 5) is 16.3. The first kappa shape index (κ1) is 14.8. The van der Waals surface area contributed by atoms with E-state index >= 15 is 0 Å². The van der Waals surface area contributed by atoms with Gasteiger partial charge in [-0.3, -0.25) is 4.79 Å². The second kappa shape index (κ2) is 7.25. The van der Waals surface area contributed by atoms with Gasteiger partial charge in [-0.15, -0.1) is 0 Å². The first-order chi connectivity index (χ1) is 9.18. The highest BCUT2D eigenvalue weighted by Gasteiger charge is 2.28. The number of carbonyl (C=O) groups excluding carboxylic acids is 1. The van der Waals surface area contributed by atoms with Crippen LogP contribution in [0.1, 0.15) is 45.4 Å². The van der Waals surface area contributed by atoms with Crippen molar-refractivity contribution in [3.63, 3.8) is 0 Å². The van der Waals surface area contributed by atoms with E-state index in [1.807, 2.05) is 11.9 Å². The van der Waals surface area contributed by atoms with Gasteiger partial charge >= 0.3 is 0 Å². The third-order valence-corrected chi connectivity index (χ3v) is 4.50. The SMILES string of the molecule is CC1CCCCN1CCCNCC(=O)N(C)C1CC1. The average Bonchev–Trinajstić information content (AvgIpc) is 3.23. The maximum Gasteiger partial charge on any atom is 0.236 e. The summed E-state index contributed by atoms with van der Waals surface area (Å²) in [6, 6.07) is 1.28. The number of nitrogens with zero attached hydrogens (tertiary/aromatic N) is 2. The van der Waals surface area contributed by atoms with Crippen molar-refractivity contribution in [1.29, 1.82) is 0 Å². The van der Waals surface area contributed by atoms with Crippen LogP contribution in [0, 0.1) is 0 Å². The minimum absolute atomic E-state index is 0.244. The fourth-order valence-corrected chi connectivity index (χ4v) is 2.88. The van der Waals surface area contributed by atoms with E-state index < -0.39 is 0 Å². The maximum atomic E-state index is 11.8. The van der Waals surface area contributed by atoms with Gasteiger partial charge in [0.05, 0.1) is 6.54 Å². The van der Waals surface area contributed by atoms with Crippen LogP contribution in [-0.4, -0.2) is 61.0 Å². The molecule has 4 nitrogen and oxygen atoms in total. The van der Waals surface area contributed by atoms with Crippen LogP contribution in [-0.2, 0) is 4.79 Å².